The molecule has 27 heavy (non-hydrogen) atoms. The van der Waals surface area contributed by atoms with Gasteiger partial charge in [0, 0.05) is 0 Å². The maximum absolute atomic E-state index is 12.0. The van der Waals surface area contributed by atoms with Crippen molar-refractivity contribution in [1.29, 1.82) is 0 Å². The average Bonchev–Trinajstić information content (AvgIpc) is 2.54. The first-order valence-corrected chi connectivity index (χ1v) is 9.70. The van der Waals surface area contributed by atoms with E-state index in [1.165, 1.54) is 14.2 Å². The van der Waals surface area contributed by atoms with Gasteiger partial charge in [-0.1, -0.05) is 0 Å². The maximum Gasteiger partial charge on any atom is 0.490 e. The van der Waals surface area contributed by atoms with Crippen molar-refractivity contribution in [1.82, 2.24) is 5.32 Å². The summed E-state index contributed by atoms with van der Waals surface area (Å²) >= 11 is 0.275. The monoisotopic (exact) mass is 592 g/mol. The molecule has 0 fully saturated rings. The van der Waals surface area contributed by atoms with Crippen LogP contribution in [-0.4, -0.2) is 50.1 Å². The van der Waals surface area contributed by atoms with Crippen molar-refractivity contribution in [3.05, 3.63) is 17.7 Å². The van der Waals surface area contributed by atoms with E-state index < -0.39 is 24.2 Å². The van der Waals surface area contributed by atoms with Crippen molar-refractivity contribution in [2.75, 3.05) is 20.8 Å². The Hall–Kier alpha value is -1.72. The van der Waals surface area contributed by atoms with E-state index >= 15 is 0 Å². The number of carboxylic acids is 1. The second-order valence-electron chi connectivity index (χ2n) is 4.78. The first-order valence-electron chi connectivity index (χ1n) is 6.96. The second kappa shape index (κ2) is 10.6. The van der Waals surface area contributed by atoms with Gasteiger partial charge in [0.25, 0.3) is 0 Å². The third kappa shape index (κ3) is 9.15. The van der Waals surface area contributed by atoms with Crippen LogP contribution in [0.15, 0.2) is 12.1 Å². The number of hydrogen-bond donors (Lipinski definition) is 2. The molecule has 6 nitrogen and oxygen atoms in total. The van der Waals surface area contributed by atoms with E-state index in [4.69, 9.17) is 19.4 Å². The van der Waals surface area contributed by atoms with Gasteiger partial charge in [0.15, 0.2) is 0 Å². The Bertz CT molecular complexity index is 663. The molecule has 1 aromatic carbocycles. The first-order chi connectivity index (χ1) is 12.2. The van der Waals surface area contributed by atoms with Gasteiger partial charge >= 0.3 is 143 Å². The van der Waals surface area contributed by atoms with Gasteiger partial charge in [0.1, 0.15) is 0 Å². The molecule has 2 N–H and O–H groups in total. The molecule has 0 aliphatic heterocycles. The molecule has 1 amide bonds. The number of halogens is 6. The fraction of sp³-hybridized carbons (Fsp3) is 0.429. The number of amides is 1. The summed E-state index contributed by atoms with van der Waals surface area (Å²) in [6.07, 6.45) is -9.61. The molecular weight excluding hydrogens is 577 g/mol. The summed E-state index contributed by atoms with van der Waals surface area (Å²) in [6, 6.07) is 3.56. The van der Waals surface area contributed by atoms with E-state index in [1.54, 1.807) is 6.07 Å². The zero-order valence-corrected chi connectivity index (χ0v) is 19.6. The van der Waals surface area contributed by atoms with Crippen molar-refractivity contribution < 1.29 is 76.6 Å². The molecule has 0 atom stereocenters. The number of carbonyl (C=O) groups is 2. The second-order valence-corrected chi connectivity index (χ2v) is 7.74. The number of hydrogen-bond acceptors (Lipinski definition) is 4. The third-order valence-corrected chi connectivity index (χ3v) is 5.44. The Kier molecular flexibility index (Phi) is 9.89. The van der Waals surface area contributed by atoms with Crippen LogP contribution in [-0.2, 0) is 42.1 Å². The molecule has 0 bridgehead atoms. The van der Waals surface area contributed by atoms with Crippen LogP contribution in [0.5, 0.6) is 11.5 Å². The molecule has 0 aliphatic carbocycles. The normalized spacial score (nSPS) is 11.2. The number of methoxy groups -OCH3 is 2. The number of ether oxygens (including phenoxy) is 2. The summed E-state index contributed by atoms with van der Waals surface area (Å²) in [4.78, 5) is 19.6. The largest absolute Gasteiger partial charge is 0.490 e. The van der Waals surface area contributed by atoms with Crippen LogP contribution in [0.25, 0.3) is 0 Å². The number of aliphatic carboxylic acids is 1. The van der Waals surface area contributed by atoms with E-state index in [0.717, 1.165) is 8.64 Å². The molecule has 0 heterocycles. The summed E-state index contributed by atoms with van der Waals surface area (Å²) in [6.45, 7) is -0.0714. The number of carboxylic acid groups (broad SMARTS) is 1. The van der Waals surface area contributed by atoms with Crippen LogP contribution in [0.3, 0.4) is 0 Å². The summed E-state index contributed by atoms with van der Waals surface area (Å²) in [5.41, 5.74) is 0.869. The third-order valence-electron chi connectivity index (χ3n) is 2.89. The zero-order chi connectivity index (χ0) is 21.4. The van der Waals surface area contributed by atoms with Crippen molar-refractivity contribution in [2.24, 2.45) is 0 Å². The van der Waals surface area contributed by atoms with Gasteiger partial charge in [-0.25, -0.2) is 4.79 Å². The minimum atomic E-state index is -5.08. The Labute approximate surface area is 165 Å². The Morgan fingerprint density at radius 3 is 1.85 bits per heavy atom. The molecule has 0 saturated heterocycles. The Morgan fingerprint density at radius 1 is 1.04 bits per heavy atom. The fourth-order valence-corrected chi connectivity index (χ4v) is 3.41. The van der Waals surface area contributed by atoms with Crippen molar-refractivity contribution >= 4 is 14.9 Å². The smallest absolute Gasteiger partial charge is 0.475 e. The summed E-state index contributed by atoms with van der Waals surface area (Å²) in [7, 11) is 3.01. The molecule has 0 aliphatic rings. The number of nitrogens with one attached hydrogen (secondary N) is 1. The van der Waals surface area contributed by atoms with Crippen LogP contribution in [0.4, 0.5) is 26.3 Å². The zero-order valence-electron chi connectivity index (χ0n) is 14.1. The standard InChI is InChI=1S/C12H13F3NO3.C2HF3O2.Hg/c1-18-9-4-3-8(7-10(9)19-2)5-6-16-11(17)12(13,14)15;3-2(4,5)1(6)7;/h4,7H,5-6H2,1-2H3,(H,16,17);(H,6,7);. The van der Waals surface area contributed by atoms with Crippen LogP contribution >= 0.6 is 0 Å². The average molecular weight is 591 g/mol. The van der Waals surface area contributed by atoms with Crippen LogP contribution in [0, 0.1) is 0 Å². The van der Waals surface area contributed by atoms with Crippen molar-refractivity contribution in [2.45, 2.75) is 18.8 Å². The Balaban J connectivity index is 0.000000821. The van der Waals surface area contributed by atoms with Crippen molar-refractivity contribution in [3.63, 3.8) is 0 Å². The number of alkyl halides is 6. The van der Waals surface area contributed by atoms with E-state index in [2.05, 4.69) is 0 Å². The topological polar surface area (TPSA) is 84.9 Å². The van der Waals surface area contributed by atoms with Crippen LogP contribution in [0.1, 0.15) is 5.56 Å². The molecule has 1 aromatic rings. The Morgan fingerprint density at radius 2 is 1.48 bits per heavy atom. The summed E-state index contributed by atoms with van der Waals surface area (Å²) < 4.78 is 79.2. The molecule has 0 saturated carbocycles. The van der Waals surface area contributed by atoms with Gasteiger partial charge in [-0.3, -0.25) is 0 Å². The molecule has 13 heteroatoms. The van der Waals surface area contributed by atoms with Gasteiger partial charge in [-0.15, -0.1) is 0 Å². The SMILES string of the molecule is COc1c[c]([Hg])c(CCNC(=O)C(F)(F)F)cc1OC.O=C(O)C(F)(F)F. The predicted molar refractivity (Wildman–Crippen MR) is 75.6 cm³/mol. The molecule has 0 radical (unpaired) electrons. The number of rotatable bonds is 5. The van der Waals surface area contributed by atoms with E-state index in [-0.39, 0.29) is 32.7 Å². The van der Waals surface area contributed by atoms with Crippen LogP contribution in [0.2, 0.25) is 0 Å². The molecule has 1 rings (SSSR count). The fourth-order valence-electron chi connectivity index (χ4n) is 1.61. The summed E-state index contributed by atoms with van der Waals surface area (Å²) in [5, 5.41) is 8.97. The molecule has 149 valence electrons. The van der Waals surface area contributed by atoms with Crippen molar-refractivity contribution in [3.8, 4) is 11.5 Å². The molecule has 0 unspecified atom stereocenters. The van der Waals surface area contributed by atoms with E-state index in [1.807, 2.05) is 11.4 Å². The van der Waals surface area contributed by atoms with Gasteiger partial charge in [-0.05, 0) is 0 Å². The van der Waals surface area contributed by atoms with Crippen LogP contribution < -0.4 is 17.9 Å². The minimum absolute atomic E-state index is 0.0714. The maximum atomic E-state index is 12.0. The molecule has 0 spiro atoms. The predicted octanol–water partition coefficient (Wildman–Crippen LogP) is 1.73. The van der Waals surface area contributed by atoms with Gasteiger partial charge in [-0.2, -0.15) is 13.2 Å². The first kappa shape index (κ1) is 25.3. The minimum Gasteiger partial charge on any atom is -0.475 e. The van der Waals surface area contributed by atoms with Gasteiger partial charge in [0.2, 0.25) is 0 Å². The van der Waals surface area contributed by atoms with E-state index in [9.17, 15) is 31.1 Å². The number of carbonyl (C=O) groups excluding carboxylic acids is 1. The summed E-state index contributed by atoms with van der Waals surface area (Å²) in [5.74, 6) is -3.55. The van der Waals surface area contributed by atoms with E-state index in [0.29, 0.717) is 17.9 Å². The molecular formula is C14H14F6HgNO5. The molecule has 0 aromatic heterocycles. The van der Waals surface area contributed by atoms with Gasteiger partial charge in [0.05, 0.1) is 0 Å². The number of benzene rings is 1. The quantitative estimate of drug-likeness (QED) is 0.403. The van der Waals surface area contributed by atoms with Gasteiger partial charge < -0.3 is 5.11 Å².